The highest BCUT2D eigenvalue weighted by molar-refractivity contribution is 6.36. The van der Waals surface area contributed by atoms with Gasteiger partial charge in [0.15, 0.2) is 11.6 Å². The van der Waals surface area contributed by atoms with Gasteiger partial charge in [0, 0.05) is 16.0 Å². The molecule has 4 aromatic rings. The molecule has 1 N–H and O–H groups in total. The molecule has 0 aliphatic heterocycles. The topological polar surface area (TPSA) is 50.2 Å². The van der Waals surface area contributed by atoms with Crippen LogP contribution in [-0.2, 0) is 0 Å². The van der Waals surface area contributed by atoms with E-state index in [4.69, 9.17) is 23.2 Å². The predicted molar refractivity (Wildman–Crippen MR) is 113 cm³/mol. The van der Waals surface area contributed by atoms with E-state index in [0.717, 1.165) is 16.5 Å². The lowest BCUT2D eigenvalue weighted by molar-refractivity contribution is 0.628. The summed E-state index contributed by atoms with van der Waals surface area (Å²) < 4.78 is 13.0. The summed E-state index contributed by atoms with van der Waals surface area (Å²) >= 11 is 12.3. The molecule has 0 fully saturated rings. The number of fused-ring (bicyclic) bond motifs is 1. The average Bonchev–Trinajstić information content (AvgIpc) is 2.69. The van der Waals surface area contributed by atoms with Gasteiger partial charge in [-0.2, -0.15) is 5.10 Å². The van der Waals surface area contributed by atoms with E-state index in [9.17, 15) is 4.39 Å². The SMILES string of the molecule is Fc1ccc(/C=N\Nc2nc(-c3ccc(Cl)cc3Cl)nc3ccccc23)cc1. The summed E-state index contributed by atoms with van der Waals surface area (Å²) in [5.41, 5.74) is 5.12. The van der Waals surface area contributed by atoms with Crippen LogP contribution in [0.3, 0.4) is 0 Å². The molecule has 0 unspecified atom stereocenters. The van der Waals surface area contributed by atoms with E-state index in [1.54, 1.807) is 36.5 Å². The summed E-state index contributed by atoms with van der Waals surface area (Å²) in [5, 5.41) is 6.03. The van der Waals surface area contributed by atoms with Gasteiger partial charge in [0.05, 0.1) is 16.8 Å². The minimum atomic E-state index is -0.295. The van der Waals surface area contributed by atoms with Gasteiger partial charge in [0.1, 0.15) is 5.82 Å². The second-order valence-electron chi connectivity index (χ2n) is 5.96. The number of aromatic nitrogens is 2. The van der Waals surface area contributed by atoms with E-state index in [1.165, 1.54) is 12.1 Å². The third-order valence-electron chi connectivity index (χ3n) is 4.03. The van der Waals surface area contributed by atoms with Gasteiger partial charge in [0.25, 0.3) is 0 Å². The first-order chi connectivity index (χ1) is 13.6. The number of nitrogens with one attached hydrogen (secondary N) is 1. The second kappa shape index (κ2) is 7.92. The molecule has 0 aliphatic carbocycles. The zero-order valence-electron chi connectivity index (χ0n) is 14.4. The van der Waals surface area contributed by atoms with E-state index >= 15 is 0 Å². The highest BCUT2D eigenvalue weighted by Crippen LogP contribution is 2.31. The van der Waals surface area contributed by atoms with Crippen molar-refractivity contribution < 1.29 is 4.39 Å². The van der Waals surface area contributed by atoms with Crippen molar-refractivity contribution in [2.75, 3.05) is 5.43 Å². The van der Waals surface area contributed by atoms with Crippen molar-refractivity contribution in [1.29, 1.82) is 0 Å². The van der Waals surface area contributed by atoms with Crippen LogP contribution in [-0.4, -0.2) is 16.2 Å². The first-order valence-electron chi connectivity index (χ1n) is 8.37. The summed E-state index contributed by atoms with van der Waals surface area (Å²) in [7, 11) is 0. The summed E-state index contributed by atoms with van der Waals surface area (Å²) in [6.45, 7) is 0. The molecule has 0 atom stereocenters. The lowest BCUT2D eigenvalue weighted by Gasteiger charge is -2.09. The molecule has 0 bridgehead atoms. The number of anilines is 1. The van der Waals surface area contributed by atoms with Crippen LogP contribution >= 0.6 is 23.2 Å². The van der Waals surface area contributed by atoms with Crippen LogP contribution in [0.15, 0.2) is 71.8 Å². The summed E-state index contributed by atoms with van der Waals surface area (Å²) in [6.07, 6.45) is 1.59. The number of hydrogen-bond acceptors (Lipinski definition) is 4. The molecule has 0 radical (unpaired) electrons. The lowest BCUT2D eigenvalue weighted by atomic mass is 10.2. The number of rotatable bonds is 4. The van der Waals surface area contributed by atoms with Gasteiger partial charge in [-0.3, -0.25) is 5.43 Å². The molecule has 4 rings (SSSR count). The van der Waals surface area contributed by atoms with Gasteiger partial charge in [-0.15, -0.1) is 0 Å². The van der Waals surface area contributed by atoms with Crippen LogP contribution in [0.5, 0.6) is 0 Å². The van der Waals surface area contributed by atoms with Crippen LogP contribution in [0.1, 0.15) is 5.56 Å². The molecule has 0 spiro atoms. The molecule has 0 amide bonds. The summed E-state index contributed by atoms with van der Waals surface area (Å²) in [5.74, 6) is 0.696. The Morgan fingerprint density at radius 2 is 1.71 bits per heavy atom. The number of halogens is 3. The lowest BCUT2D eigenvalue weighted by Crippen LogP contribution is -1.99. The fraction of sp³-hybridized carbons (Fsp3) is 0. The molecule has 0 saturated heterocycles. The molecular formula is C21H13Cl2FN4. The van der Waals surface area contributed by atoms with Crippen molar-refractivity contribution >= 4 is 46.1 Å². The molecule has 1 heterocycles. The molecule has 7 heteroatoms. The zero-order valence-corrected chi connectivity index (χ0v) is 15.9. The smallest absolute Gasteiger partial charge is 0.163 e. The monoisotopic (exact) mass is 410 g/mol. The maximum atomic E-state index is 13.0. The zero-order chi connectivity index (χ0) is 19.5. The Morgan fingerprint density at radius 1 is 0.929 bits per heavy atom. The molecule has 1 aromatic heterocycles. The standard InChI is InChI=1S/C21H13Cl2FN4/c22-14-7-10-16(18(23)11-14)20-26-19-4-2-1-3-17(19)21(27-20)28-25-12-13-5-8-15(24)9-6-13/h1-12H,(H,26,27,28)/b25-12-. The average molecular weight is 411 g/mol. The van der Waals surface area contributed by atoms with Gasteiger partial charge in [-0.1, -0.05) is 47.5 Å². The Labute approximate surface area is 170 Å². The largest absolute Gasteiger partial charge is 0.261 e. The second-order valence-corrected chi connectivity index (χ2v) is 6.80. The molecule has 0 aliphatic rings. The highest BCUT2D eigenvalue weighted by atomic mass is 35.5. The van der Waals surface area contributed by atoms with E-state index in [-0.39, 0.29) is 5.82 Å². The van der Waals surface area contributed by atoms with Gasteiger partial charge in [-0.25, -0.2) is 14.4 Å². The normalized spacial score (nSPS) is 11.2. The highest BCUT2D eigenvalue weighted by Gasteiger charge is 2.12. The van der Waals surface area contributed by atoms with E-state index < -0.39 is 0 Å². The third kappa shape index (κ3) is 3.96. The number of benzene rings is 3. The molecule has 28 heavy (non-hydrogen) atoms. The van der Waals surface area contributed by atoms with Crippen LogP contribution < -0.4 is 5.43 Å². The van der Waals surface area contributed by atoms with Crippen molar-refractivity contribution in [1.82, 2.24) is 9.97 Å². The van der Waals surface area contributed by atoms with Gasteiger partial charge < -0.3 is 0 Å². The first-order valence-corrected chi connectivity index (χ1v) is 9.12. The van der Waals surface area contributed by atoms with Gasteiger partial charge in [-0.05, 0) is 48.0 Å². The first kappa shape index (κ1) is 18.3. The Bertz CT molecular complexity index is 1180. The van der Waals surface area contributed by atoms with Gasteiger partial charge >= 0.3 is 0 Å². The fourth-order valence-corrected chi connectivity index (χ4v) is 3.16. The van der Waals surface area contributed by atoms with Crippen LogP contribution in [0.4, 0.5) is 10.2 Å². The van der Waals surface area contributed by atoms with Crippen molar-refractivity contribution in [2.24, 2.45) is 5.10 Å². The quantitative estimate of drug-likeness (QED) is 0.322. The van der Waals surface area contributed by atoms with Crippen LogP contribution in [0.2, 0.25) is 10.0 Å². The molecule has 3 aromatic carbocycles. The molecule has 4 nitrogen and oxygen atoms in total. The van der Waals surface area contributed by atoms with E-state index in [0.29, 0.717) is 27.3 Å². The Morgan fingerprint density at radius 3 is 2.50 bits per heavy atom. The Balaban J connectivity index is 1.73. The van der Waals surface area contributed by atoms with Crippen molar-refractivity contribution in [3.63, 3.8) is 0 Å². The van der Waals surface area contributed by atoms with Crippen molar-refractivity contribution in [3.8, 4) is 11.4 Å². The maximum Gasteiger partial charge on any atom is 0.163 e. The summed E-state index contributed by atoms with van der Waals surface area (Å²) in [6, 6.07) is 18.8. The maximum absolute atomic E-state index is 13.0. The number of hydrazone groups is 1. The van der Waals surface area contributed by atoms with Crippen molar-refractivity contribution in [3.05, 3.63) is 88.2 Å². The predicted octanol–water partition coefficient (Wildman–Crippen LogP) is 6.19. The summed E-state index contributed by atoms with van der Waals surface area (Å²) in [4.78, 5) is 9.18. The van der Waals surface area contributed by atoms with Gasteiger partial charge in [0.2, 0.25) is 0 Å². The van der Waals surface area contributed by atoms with Crippen molar-refractivity contribution in [2.45, 2.75) is 0 Å². The minimum absolute atomic E-state index is 0.295. The number of nitrogens with zero attached hydrogens (tertiary/aromatic N) is 3. The van der Waals surface area contributed by atoms with E-state index in [2.05, 4.69) is 20.5 Å². The Hall–Kier alpha value is -3.02. The van der Waals surface area contributed by atoms with E-state index in [1.807, 2.05) is 24.3 Å². The molecule has 0 saturated carbocycles. The fourth-order valence-electron chi connectivity index (χ4n) is 2.67. The minimum Gasteiger partial charge on any atom is -0.261 e. The Kier molecular flexibility index (Phi) is 5.19. The van der Waals surface area contributed by atoms with Crippen LogP contribution in [0, 0.1) is 5.82 Å². The third-order valence-corrected chi connectivity index (χ3v) is 4.58. The number of para-hydroxylation sites is 1. The number of hydrogen-bond donors (Lipinski definition) is 1. The molecule has 138 valence electrons. The van der Waals surface area contributed by atoms with Crippen LogP contribution in [0.25, 0.3) is 22.3 Å². The molecular weight excluding hydrogens is 398 g/mol.